The van der Waals surface area contributed by atoms with E-state index in [1.54, 1.807) is 0 Å². The van der Waals surface area contributed by atoms with E-state index in [0.717, 1.165) is 18.6 Å². The third-order valence-corrected chi connectivity index (χ3v) is 5.76. The molecule has 0 N–H and O–H groups in total. The average Bonchev–Trinajstić information content (AvgIpc) is 2.92. The molecule has 0 bridgehead atoms. The van der Waals surface area contributed by atoms with Gasteiger partial charge in [-0.25, -0.2) is 4.39 Å². The molecule has 2 atom stereocenters. The summed E-state index contributed by atoms with van der Waals surface area (Å²) in [6, 6.07) is 15.5. The largest absolute Gasteiger partial charge is 0.207 e. The Morgan fingerprint density at radius 2 is 1.90 bits per heavy atom. The lowest BCUT2D eigenvalue weighted by atomic mass is 9.88. The monoisotopic (exact) mass is 320 g/mol. The van der Waals surface area contributed by atoms with E-state index in [-0.39, 0.29) is 5.82 Å². The molecule has 110 valence electrons. The molecule has 0 saturated carbocycles. The number of fused-ring (bicyclic) bond motifs is 1. The van der Waals surface area contributed by atoms with E-state index >= 15 is 0 Å². The highest BCUT2D eigenvalue weighted by Gasteiger charge is 2.25. The molecule has 0 aliphatic carbocycles. The van der Waals surface area contributed by atoms with E-state index in [1.165, 1.54) is 28.2 Å². The molecule has 2 aromatic carbocycles. The van der Waals surface area contributed by atoms with Gasteiger partial charge in [-0.15, -0.1) is 23.4 Å². The van der Waals surface area contributed by atoms with Crippen LogP contribution in [0.25, 0.3) is 0 Å². The third-order valence-electron chi connectivity index (χ3n) is 4.07. The van der Waals surface area contributed by atoms with E-state index in [4.69, 9.17) is 11.6 Å². The minimum absolute atomic E-state index is 0.178. The van der Waals surface area contributed by atoms with Gasteiger partial charge in [0.2, 0.25) is 0 Å². The maximum absolute atomic E-state index is 13.0. The molecule has 1 aliphatic rings. The van der Waals surface area contributed by atoms with Gasteiger partial charge >= 0.3 is 0 Å². The standard InChI is InChI=1S/C18H18ClFS/c19-11-14(9-13-5-7-16(20)8-6-13)10-15-12-21-18-4-2-1-3-17(15)18/h1-8,14-15H,9-12H2. The maximum Gasteiger partial charge on any atom is 0.123 e. The fraction of sp³-hybridized carbons (Fsp3) is 0.333. The van der Waals surface area contributed by atoms with Gasteiger partial charge in [-0.2, -0.15) is 0 Å². The van der Waals surface area contributed by atoms with Crippen molar-refractivity contribution in [2.75, 3.05) is 11.6 Å². The fourth-order valence-corrected chi connectivity index (χ4v) is 4.49. The summed E-state index contributed by atoms with van der Waals surface area (Å²) in [4.78, 5) is 1.41. The Labute approximate surface area is 134 Å². The minimum atomic E-state index is -0.178. The molecule has 0 nitrogen and oxygen atoms in total. The van der Waals surface area contributed by atoms with Gasteiger partial charge in [0.15, 0.2) is 0 Å². The molecule has 1 heterocycles. The number of alkyl halides is 1. The molecule has 2 unspecified atom stereocenters. The van der Waals surface area contributed by atoms with Crippen molar-refractivity contribution in [2.24, 2.45) is 5.92 Å². The van der Waals surface area contributed by atoms with Crippen LogP contribution in [0.2, 0.25) is 0 Å². The SMILES string of the molecule is Fc1ccc(CC(CCl)CC2CSc3ccccc32)cc1. The Morgan fingerprint density at radius 1 is 1.14 bits per heavy atom. The van der Waals surface area contributed by atoms with Gasteiger partial charge in [0, 0.05) is 16.5 Å². The lowest BCUT2D eigenvalue weighted by Crippen LogP contribution is -2.12. The predicted molar refractivity (Wildman–Crippen MR) is 88.8 cm³/mol. The van der Waals surface area contributed by atoms with Gasteiger partial charge in [-0.05, 0) is 54.0 Å². The van der Waals surface area contributed by atoms with Crippen LogP contribution >= 0.6 is 23.4 Å². The zero-order valence-electron chi connectivity index (χ0n) is 11.8. The molecule has 21 heavy (non-hydrogen) atoms. The van der Waals surface area contributed by atoms with Crippen LogP contribution < -0.4 is 0 Å². The van der Waals surface area contributed by atoms with Crippen LogP contribution in [0.5, 0.6) is 0 Å². The lowest BCUT2D eigenvalue weighted by molar-refractivity contribution is 0.491. The van der Waals surface area contributed by atoms with Crippen LogP contribution in [0.15, 0.2) is 53.4 Å². The van der Waals surface area contributed by atoms with Crippen LogP contribution in [-0.2, 0) is 6.42 Å². The second-order valence-corrected chi connectivity index (χ2v) is 7.00. The second-order valence-electron chi connectivity index (χ2n) is 5.63. The van der Waals surface area contributed by atoms with Crippen molar-refractivity contribution in [3.8, 4) is 0 Å². The van der Waals surface area contributed by atoms with Crippen LogP contribution in [-0.4, -0.2) is 11.6 Å². The van der Waals surface area contributed by atoms with Gasteiger partial charge in [0.25, 0.3) is 0 Å². The summed E-state index contributed by atoms with van der Waals surface area (Å²) >= 11 is 8.12. The smallest absolute Gasteiger partial charge is 0.123 e. The summed E-state index contributed by atoms with van der Waals surface area (Å²) < 4.78 is 13.0. The van der Waals surface area contributed by atoms with Crippen molar-refractivity contribution < 1.29 is 4.39 Å². The van der Waals surface area contributed by atoms with Crippen LogP contribution in [0.3, 0.4) is 0 Å². The first-order valence-corrected chi connectivity index (χ1v) is 8.80. The minimum Gasteiger partial charge on any atom is -0.207 e. The van der Waals surface area contributed by atoms with Crippen molar-refractivity contribution in [3.63, 3.8) is 0 Å². The molecule has 0 fully saturated rings. The molecule has 0 radical (unpaired) electrons. The average molecular weight is 321 g/mol. The summed E-state index contributed by atoms with van der Waals surface area (Å²) in [7, 11) is 0. The number of hydrogen-bond donors (Lipinski definition) is 0. The number of halogens is 2. The van der Waals surface area contributed by atoms with E-state index < -0.39 is 0 Å². The quantitative estimate of drug-likeness (QED) is 0.655. The maximum atomic E-state index is 13.0. The van der Waals surface area contributed by atoms with Crippen LogP contribution in [0.4, 0.5) is 4.39 Å². The summed E-state index contributed by atoms with van der Waals surface area (Å²) in [5.74, 6) is 2.66. The van der Waals surface area contributed by atoms with Crippen molar-refractivity contribution in [3.05, 3.63) is 65.5 Å². The van der Waals surface area contributed by atoms with Crippen LogP contribution in [0, 0.1) is 11.7 Å². The molecular weight excluding hydrogens is 303 g/mol. The Kier molecular flexibility index (Phi) is 4.87. The zero-order chi connectivity index (χ0) is 14.7. The Balaban J connectivity index is 1.67. The molecule has 2 aromatic rings. The third kappa shape index (κ3) is 3.61. The van der Waals surface area contributed by atoms with E-state index in [9.17, 15) is 4.39 Å². The molecule has 0 aromatic heterocycles. The summed E-state index contributed by atoms with van der Waals surface area (Å²) in [5, 5.41) is 0. The highest BCUT2D eigenvalue weighted by atomic mass is 35.5. The number of benzene rings is 2. The van der Waals surface area contributed by atoms with Gasteiger partial charge in [-0.3, -0.25) is 0 Å². The van der Waals surface area contributed by atoms with Gasteiger partial charge in [0.1, 0.15) is 5.82 Å². The molecular formula is C18H18ClFS. The molecule has 0 amide bonds. The molecule has 0 spiro atoms. The van der Waals surface area contributed by atoms with E-state index in [0.29, 0.717) is 17.7 Å². The highest BCUT2D eigenvalue weighted by Crippen LogP contribution is 2.42. The lowest BCUT2D eigenvalue weighted by Gasteiger charge is -2.19. The number of thioether (sulfide) groups is 1. The second kappa shape index (κ2) is 6.85. The van der Waals surface area contributed by atoms with E-state index in [1.807, 2.05) is 23.9 Å². The Hall–Kier alpha value is -0.990. The summed E-state index contributed by atoms with van der Waals surface area (Å²) in [6.45, 7) is 0. The first-order valence-electron chi connectivity index (χ1n) is 7.28. The van der Waals surface area contributed by atoms with Crippen molar-refractivity contribution >= 4 is 23.4 Å². The van der Waals surface area contributed by atoms with Gasteiger partial charge in [0.05, 0.1) is 0 Å². The molecule has 3 heteroatoms. The van der Waals surface area contributed by atoms with Gasteiger partial charge < -0.3 is 0 Å². The molecule has 0 saturated heterocycles. The van der Waals surface area contributed by atoms with Crippen molar-refractivity contribution in [2.45, 2.75) is 23.7 Å². The molecule has 3 rings (SSSR count). The highest BCUT2D eigenvalue weighted by molar-refractivity contribution is 7.99. The Bertz CT molecular complexity index is 596. The normalized spacial score (nSPS) is 18.5. The summed E-state index contributed by atoms with van der Waals surface area (Å²) in [6.07, 6.45) is 2.03. The topological polar surface area (TPSA) is 0 Å². The van der Waals surface area contributed by atoms with Gasteiger partial charge in [-0.1, -0.05) is 30.3 Å². The first kappa shape index (κ1) is 14.9. The van der Waals surface area contributed by atoms with Crippen LogP contribution in [0.1, 0.15) is 23.5 Å². The number of rotatable bonds is 5. The van der Waals surface area contributed by atoms with E-state index in [2.05, 4.69) is 24.3 Å². The molecule has 1 aliphatic heterocycles. The summed E-state index contributed by atoms with van der Waals surface area (Å²) in [5.41, 5.74) is 2.64. The predicted octanol–water partition coefficient (Wildman–Crippen LogP) is 5.50. The first-order chi connectivity index (χ1) is 10.3. The fourth-order valence-electron chi connectivity index (χ4n) is 2.98. The van der Waals surface area contributed by atoms with Crippen molar-refractivity contribution in [1.82, 2.24) is 0 Å². The zero-order valence-corrected chi connectivity index (χ0v) is 13.3. The number of hydrogen-bond acceptors (Lipinski definition) is 1. The van der Waals surface area contributed by atoms with Crippen molar-refractivity contribution in [1.29, 1.82) is 0 Å². The Morgan fingerprint density at radius 3 is 2.67 bits per heavy atom.